The van der Waals surface area contributed by atoms with Gasteiger partial charge in [-0.1, -0.05) is 6.58 Å². The van der Waals surface area contributed by atoms with Crippen molar-refractivity contribution in [1.29, 1.82) is 0 Å². The molecule has 0 saturated carbocycles. The van der Waals surface area contributed by atoms with E-state index in [1.807, 2.05) is 5.43 Å². The average Bonchev–Trinajstić information content (AvgIpc) is 2.04. The second kappa shape index (κ2) is 5.28. The molecule has 12 heavy (non-hydrogen) atoms. The molecule has 0 unspecified atom stereocenters. The zero-order chi connectivity index (χ0) is 9.56. The molecule has 0 aromatic heterocycles. The summed E-state index contributed by atoms with van der Waals surface area (Å²) in [5.74, 6) is -1.81. The Morgan fingerprint density at radius 1 is 1.58 bits per heavy atom. The summed E-state index contributed by atoms with van der Waals surface area (Å²) in [6.45, 7) is 2.54. The smallest absolute Gasteiger partial charge is 0.324 e. The van der Waals surface area contributed by atoms with Gasteiger partial charge in [0, 0.05) is 0 Å². The number of carboxylic acid groups (broad SMARTS) is 1. The quantitative estimate of drug-likeness (QED) is 0.292. The molecule has 0 fully saturated rings. The topological polar surface area (TPSA) is 98.7 Å². The highest BCUT2D eigenvalue weighted by Crippen LogP contribution is 1.78. The molecule has 0 heterocycles. The number of carboxylic acids is 1. The van der Waals surface area contributed by atoms with Crippen molar-refractivity contribution in [2.45, 2.75) is 6.04 Å². The van der Waals surface area contributed by atoms with Crippen molar-refractivity contribution in [2.75, 3.05) is 6.61 Å². The highest BCUT2D eigenvalue weighted by Gasteiger charge is 2.15. The SMILES string of the molecule is C=CC(=O)NN[C@@H](CO)C(=O)O. The van der Waals surface area contributed by atoms with Gasteiger partial charge in [0.1, 0.15) is 6.04 Å². The number of aliphatic hydroxyl groups is 1. The number of aliphatic hydroxyl groups excluding tert-OH is 1. The molecule has 0 aromatic carbocycles. The molecule has 0 rings (SSSR count). The van der Waals surface area contributed by atoms with E-state index in [-0.39, 0.29) is 0 Å². The van der Waals surface area contributed by atoms with Gasteiger partial charge in [-0.2, -0.15) is 0 Å². The van der Waals surface area contributed by atoms with Crippen molar-refractivity contribution in [3.05, 3.63) is 12.7 Å². The molecule has 6 nitrogen and oxygen atoms in total. The fourth-order valence-electron chi connectivity index (χ4n) is 0.395. The lowest BCUT2D eigenvalue weighted by Gasteiger charge is -2.10. The third-order valence-electron chi connectivity index (χ3n) is 1.04. The summed E-state index contributed by atoms with van der Waals surface area (Å²) < 4.78 is 0. The standard InChI is InChI=1S/C6H10N2O4/c1-2-5(10)8-7-4(3-9)6(11)12/h2,4,7,9H,1,3H2,(H,8,10)(H,11,12)/t4-/m0/s1. The first-order valence-corrected chi connectivity index (χ1v) is 3.13. The van der Waals surface area contributed by atoms with Crippen LogP contribution in [0.25, 0.3) is 0 Å². The number of hydrazine groups is 1. The third-order valence-corrected chi connectivity index (χ3v) is 1.04. The van der Waals surface area contributed by atoms with E-state index in [9.17, 15) is 9.59 Å². The van der Waals surface area contributed by atoms with Crippen LogP contribution in [-0.4, -0.2) is 34.7 Å². The number of rotatable bonds is 5. The molecule has 0 bridgehead atoms. The first-order chi connectivity index (χ1) is 5.61. The summed E-state index contributed by atoms with van der Waals surface area (Å²) in [6.07, 6.45) is 0.975. The van der Waals surface area contributed by atoms with Crippen molar-refractivity contribution < 1.29 is 19.8 Å². The molecule has 0 aliphatic carbocycles. The first-order valence-electron chi connectivity index (χ1n) is 3.13. The van der Waals surface area contributed by atoms with Crippen LogP contribution in [0.15, 0.2) is 12.7 Å². The van der Waals surface area contributed by atoms with Gasteiger partial charge in [-0.15, -0.1) is 0 Å². The van der Waals surface area contributed by atoms with Gasteiger partial charge in [0.05, 0.1) is 6.61 Å². The van der Waals surface area contributed by atoms with Gasteiger partial charge in [0.15, 0.2) is 0 Å². The first kappa shape index (κ1) is 10.6. The number of amides is 1. The van der Waals surface area contributed by atoms with Gasteiger partial charge < -0.3 is 10.2 Å². The molecule has 4 N–H and O–H groups in total. The van der Waals surface area contributed by atoms with E-state index in [4.69, 9.17) is 10.2 Å². The molecular formula is C6H10N2O4. The highest BCUT2D eigenvalue weighted by molar-refractivity contribution is 5.86. The molecule has 1 amide bonds. The minimum Gasteiger partial charge on any atom is -0.480 e. The Morgan fingerprint density at radius 2 is 2.17 bits per heavy atom. The number of aliphatic carboxylic acids is 1. The Kier molecular flexibility index (Phi) is 4.66. The normalized spacial score (nSPS) is 11.8. The van der Waals surface area contributed by atoms with Crippen molar-refractivity contribution >= 4 is 11.9 Å². The van der Waals surface area contributed by atoms with E-state index in [2.05, 4.69) is 12.0 Å². The van der Waals surface area contributed by atoms with Crippen molar-refractivity contribution in [1.82, 2.24) is 10.9 Å². The van der Waals surface area contributed by atoms with Crippen LogP contribution in [0.3, 0.4) is 0 Å². The molecule has 68 valence electrons. The Bertz CT molecular complexity index is 192. The van der Waals surface area contributed by atoms with E-state index in [0.29, 0.717) is 0 Å². The van der Waals surface area contributed by atoms with Crippen LogP contribution in [-0.2, 0) is 9.59 Å². The number of hydrogen-bond acceptors (Lipinski definition) is 4. The van der Waals surface area contributed by atoms with E-state index in [0.717, 1.165) is 6.08 Å². The Labute approximate surface area is 68.9 Å². The van der Waals surface area contributed by atoms with Crippen LogP contribution in [0, 0.1) is 0 Å². The van der Waals surface area contributed by atoms with Gasteiger partial charge in [-0.25, -0.2) is 5.43 Å². The molecule has 0 aliphatic rings. The summed E-state index contributed by atoms with van der Waals surface area (Å²) in [4.78, 5) is 20.7. The van der Waals surface area contributed by atoms with Gasteiger partial charge in [0.2, 0.25) is 0 Å². The van der Waals surface area contributed by atoms with Crippen molar-refractivity contribution in [3.8, 4) is 0 Å². The average molecular weight is 174 g/mol. The van der Waals surface area contributed by atoms with Crippen LogP contribution in [0.4, 0.5) is 0 Å². The zero-order valence-electron chi connectivity index (χ0n) is 6.28. The second-order valence-electron chi connectivity index (χ2n) is 1.91. The lowest BCUT2D eigenvalue weighted by molar-refractivity contribution is -0.141. The Balaban J connectivity index is 3.80. The molecule has 0 radical (unpaired) electrons. The van der Waals surface area contributed by atoms with Crippen molar-refractivity contribution in [2.24, 2.45) is 0 Å². The van der Waals surface area contributed by atoms with Crippen LogP contribution >= 0.6 is 0 Å². The summed E-state index contributed by atoms with van der Waals surface area (Å²) in [7, 11) is 0. The Hall–Kier alpha value is -1.40. The molecule has 6 heteroatoms. The maximum atomic E-state index is 10.5. The fourth-order valence-corrected chi connectivity index (χ4v) is 0.395. The van der Waals surface area contributed by atoms with Gasteiger partial charge >= 0.3 is 5.97 Å². The minimum absolute atomic E-state index is 0.560. The molecule has 0 saturated heterocycles. The monoisotopic (exact) mass is 174 g/mol. The summed E-state index contributed by atoms with van der Waals surface area (Å²) in [6, 6.07) is -1.20. The van der Waals surface area contributed by atoms with Crippen LogP contribution in [0.2, 0.25) is 0 Å². The second-order valence-corrected chi connectivity index (χ2v) is 1.91. The maximum Gasteiger partial charge on any atom is 0.324 e. The number of carbonyl (C=O) groups is 2. The van der Waals surface area contributed by atoms with Crippen LogP contribution in [0.5, 0.6) is 0 Å². The molecule has 0 spiro atoms. The summed E-state index contributed by atoms with van der Waals surface area (Å²) in [5, 5.41) is 16.8. The van der Waals surface area contributed by atoms with Gasteiger partial charge in [-0.05, 0) is 6.08 Å². The Morgan fingerprint density at radius 3 is 2.50 bits per heavy atom. The molecular weight excluding hydrogens is 164 g/mol. The predicted molar refractivity (Wildman–Crippen MR) is 40.0 cm³/mol. The fraction of sp³-hybridized carbons (Fsp3) is 0.333. The van der Waals surface area contributed by atoms with E-state index >= 15 is 0 Å². The van der Waals surface area contributed by atoms with Crippen molar-refractivity contribution in [3.63, 3.8) is 0 Å². The lowest BCUT2D eigenvalue weighted by Crippen LogP contribution is -2.49. The largest absolute Gasteiger partial charge is 0.480 e. The predicted octanol–water partition coefficient (Wildman–Crippen LogP) is -1.76. The zero-order valence-corrected chi connectivity index (χ0v) is 6.28. The summed E-state index contributed by atoms with van der Waals surface area (Å²) >= 11 is 0. The maximum absolute atomic E-state index is 10.5. The number of nitrogens with one attached hydrogen (secondary N) is 2. The number of carbonyl (C=O) groups excluding carboxylic acids is 1. The third kappa shape index (κ3) is 3.69. The summed E-state index contributed by atoms with van der Waals surface area (Å²) in [5.41, 5.74) is 4.12. The molecule has 0 aliphatic heterocycles. The van der Waals surface area contributed by atoms with Gasteiger partial charge in [-0.3, -0.25) is 15.0 Å². The van der Waals surface area contributed by atoms with Crippen LogP contribution in [0.1, 0.15) is 0 Å². The van der Waals surface area contributed by atoms with Gasteiger partial charge in [0.25, 0.3) is 5.91 Å². The molecule has 1 atom stereocenters. The lowest BCUT2D eigenvalue weighted by atomic mass is 10.3. The minimum atomic E-state index is -1.25. The highest BCUT2D eigenvalue weighted by atomic mass is 16.4. The van der Waals surface area contributed by atoms with E-state index < -0.39 is 24.5 Å². The number of hydrogen-bond donors (Lipinski definition) is 4. The van der Waals surface area contributed by atoms with E-state index in [1.165, 1.54) is 0 Å². The van der Waals surface area contributed by atoms with E-state index in [1.54, 1.807) is 0 Å². The molecule has 0 aromatic rings. The van der Waals surface area contributed by atoms with Crippen LogP contribution < -0.4 is 10.9 Å².